The third-order valence-electron chi connectivity index (χ3n) is 4.41. The summed E-state index contributed by atoms with van der Waals surface area (Å²) in [5.74, 6) is 0.663. The number of rotatable bonds is 6. The number of amides is 2. The predicted molar refractivity (Wildman–Crippen MR) is 88.1 cm³/mol. The number of benzene rings is 1. The van der Waals surface area contributed by atoms with E-state index in [1.807, 2.05) is 41.0 Å². The Bertz CT molecular complexity index is 537. The molecule has 2 rings (SSSR count). The van der Waals surface area contributed by atoms with Gasteiger partial charge in [0.15, 0.2) is 0 Å². The van der Waals surface area contributed by atoms with Crippen LogP contribution in [0.2, 0.25) is 0 Å². The Morgan fingerprint density at radius 1 is 1.17 bits per heavy atom. The molecule has 0 saturated carbocycles. The van der Waals surface area contributed by atoms with Crippen molar-refractivity contribution in [3.8, 4) is 5.75 Å². The van der Waals surface area contributed by atoms with E-state index in [0.717, 1.165) is 17.7 Å². The minimum absolute atomic E-state index is 0.159. The maximum absolute atomic E-state index is 12.3. The second kappa shape index (κ2) is 7.97. The highest BCUT2D eigenvalue weighted by Gasteiger charge is 2.25. The summed E-state index contributed by atoms with van der Waals surface area (Å²) in [5.41, 5.74) is 6.45. The lowest BCUT2D eigenvalue weighted by molar-refractivity contribution is -0.133. The first kappa shape index (κ1) is 17.3. The molecule has 6 nitrogen and oxygen atoms in total. The quantitative estimate of drug-likeness (QED) is 0.835. The Labute approximate surface area is 137 Å². The Hall–Kier alpha value is -2.08. The molecule has 2 N–H and O–H groups in total. The molecule has 1 aliphatic heterocycles. The number of nitrogens with zero attached hydrogens (tertiary/aromatic N) is 2. The first-order valence-electron chi connectivity index (χ1n) is 7.95. The molecular weight excluding hydrogens is 294 g/mol. The average molecular weight is 319 g/mol. The van der Waals surface area contributed by atoms with Crippen molar-refractivity contribution in [2.75, 3.05) is 33.3 Å². The van der Waals surface area contributed by atoms with Crippen LogP contribution in [0.15, 0.2) is 24.3 Å². The summed E-state index contributed by atoms with van der Waals surface area (Å²) in [6.45, 7) is 4.50. The largest absolute Gasteiger partial charge is 0.497 e. The molecule has 1 aliphatic rings. The number of nitrogens with two attached hydrogens (primary N) is 1. The predicted octanol–water partition coefficient (Wildman–Crippen LogP) is 0.646. The third kappa shape index (κ3) is 4.69. The van der Waals surface area contributed by atoms with Crippen molar-refractivity contribution in [2.45, 2.75) is 25.8 Å². The van der Waals surface area contributed by atoms with Crippen LogP contribution in [0.1, 0.15) is 18.9 Å². The molecule has 1 saturated heterocycles. The molecule has 6 heteroatoms. The number of aryl methyl sites for hydroxylation is 1. The first-order chi connectivity index (χ1) is 11.0. The van der Waals surface area contributed by atoms with Crippen LogP contribution < -0.4 is 10.5 Å². The molecule has 0 aliphatic carbocycles. The maximum atomic E-state index is 12.3. The lowest BCUT2D eigenvalue weighted by atomic mass is 10.1. The van der Waals surface area contributed by atoms with E-state index in [-0.39, 0.29) is 17.9 Å². The molecule has 23 heavy (non-hydrogen) atoms. The van der Waals surface area contributed by atoms with Gasteiger partial charge >= 0.3 is 0 Å². The average Bonchev–Trinajstić information content (AvgIpc) is 2.59. The molecule has 0 radical (unpaired) electrons. The Balaban J connectivity index is 1.77. The van der Waals surface area contributed by atoms with Gasteiger partial charge in [-0.15, -0.1) is 0 Å². The smallest absolute Gasteiger partial charge is 0.234 e. The zero-order chi connectivity index (χ0) is 16.8. The maximum Gasteiger partial charge on any atom is 0.234 e. The SMILES string of the molecule is COc1ccc(CCC(=O)N2CCN(C(C)C(N)=O)CC2)cc1. The molecule has 1 aromatic carbocycles. The fourth-order valence-corrected chi connectivity index (χ4v) is 2.74. The molecule has 0 spiro atoms. The summed E-state index contributed by atoms with van der Waals surface area (Å²) in [5, 5.41) is 0. The molecule has 1 atom stereocenters. The zero-order valence-corrected chi connectivity index (χ0v) is 13.8. The van der Waals surface area contributed by atoms with Crippen molar-refractivity contribution in [3.63, 3.8) is 0 Å². The van der Waals surface area contributed by atoms with Gasteiger partial charge in [0.25, 0.3) is 0 Å². The van der Waals surface area contributed by atoms with Crippen LogP contribution in [-0.2, 0) is 16.0 Å². The Kier molecular flexibility index (Phi) is 5.98. The van der Waals surface area contributed by atoms with Gasteiger partial charge in [-0.25, -0.2) is 0 Å². The molecule has 1 fully saturated rings. The second-order valence-corrected chi connectivity index (χ2v) is 5.84. The van der Waals surface area contributed by atoms with E-state index >= 15 is 0 Å². The van der Waals surface area contributed by atoms with E-state index in [4.69, 9.17) is 10.5 Å². The number of hydrogen-bond acceptors (Lipinski definition) is 4. The van der Waals surface area contributed by atoms with Crippen molar-refractivity contribution < 1.29 is 14.3 Å². The highest BCUT2D eigenvalue weighted by atomic mass is 16.5. The summed E-state index contributed by atoms with van der Waals surface area (Å²) in [6.07, 6.45) is 1.22. The summed E-state index contributed by atoms with van der Waals surface area (Å²) in [6, 6.07) is 7.51. The van der Waals surface area contributed by atoms with E-state index in [9.17, 15) is 9.59 Å². The monoisotopic (exact) mass is 319 g/mol. The molecule has 0 aromatic heterocycles. The number of carbonyl (C=O) groups is 2. The number of ether oxygens (including phenoxy) is 1. The topological polar surface area (TPSA) is 75.9 Å². The van der Waals surface area contributed by atoms with Gasteiger partial charge in [-0.2, -0.15) is 0 Å². The highest BCUT2D eigenvalue weighted by molar-refractivity contribution is 5.79. The van der Waals surface area contributed by atoms with Crippen LogP contribution in [-0.4, -0.2) is 60.9 Å². The van der Waals surface area contributed by atoms with Gasteiger partial charge in [-0.3, -0.25) is 14.5 Å². The van der Waals surface area contributed by atoms with E-state index in [1.54, 1.807) is 7.11 Å². The zero-order valence-electron chi connectivity index (χ0n) is 13.8. The number of piperazine rings is 1. The van der Waals surface area contributed by atoms with Crippen molar-refractivity contribution >= 4 is 11.8 Å². The van der Waals surface area contributed by atoms with Crippen LogP contribution in [0.25, 0.3) is 0 Å². The standard InChI is InChI=1S/C17H25N3O3/c1-13(17(18)22)19-9-11-20(12-10-19)16(21)8-5-14-3-6-15(23-2)7-4-14/h3-4,6-7,13H,5,8-12H2,1-2H3,(H2,18,22). The van der Waals surface area contributed by atoms with E-state index in [1.165, 1.54) is 0 Å². The summed E-state index contributed by atoms with van der Waals surface area (Å²) >= 11 is 0. The van der Waals surface area contributed by atoms with Gasteiger partial charge in [0.2, 0.25) is 11.8 Å². The fourth-order valence-electron chi connectivity index (χ4n) is 2.74. The number of primary amides is 1. The third-order valence-corrected chi connectivity index (χ3v) is 4.41. The van der Waals surface area contributed by atoms with Crippen molar-refractivity contribution in [2.24, 2.45) is 5.73 Å². The summed E-state index contributed by atoms with van der Waals surface area (Å²) in [7, 11) is 1.64. The van der Waals surface area contributed by atoms with Gasteiger partial charge in [0.05, 0.1) is 13.2 Å². The van der Waals surface area contributed by atoms with Gasteiger partial charge < -0.3 is 15.4 Å². The number of methoxy groups -OCH3 is 1. The van der Waals surface area contributed by atoms with Gasteiger partial charge in [0.1, 0.15) is 5.75 Å². The fraction of sp³-hybridized carbons (Fsp3) is 0.529. The molecule has 1 heterocycles. The second-order valence-electron chi connectivity index (χ2n) is 5.84. The van der Waals surface area contributed by atoms with Crippen LogP contribution >= 0.6 is 0 Å². The van der Waals surface area contributed by atoms with E-state index in [2.05, 4.69) is 0 Å². The van der Waals surface area contributed by atoms with Crippen molar-refractivity contribution in [1.82, 2.24) is 9.80 Å². The number of carbonyl (C=O) groups excluding carboxylic acids is 2. The van der Waals surface area contributed by atoms with Crippen molar-refractivity contribution in [1.29, 1.82) is 0 Å². The lowest BCUT2D eigenvalue weighted by Crippen LogP contribution is -2.54. The van der Waals surface area contributed by atoms with Gasteiger partial charge in [-0.05, 0) is 31.0 Å². The minimum Gasteiger partial charge on any atom is -0.497 e. The van der Waals surface area contributed by atoms with Gasteiger partial charge in [0, 0.05) is 32.6 Å². The van der Waals surface area contributed by atoms with E-state index in [0.29, 0.717) is 32.6 Å². The Morgan fingerprint density at radius 3 is 2.30 bits per heavy atom. The van der Waals surface area contributed by atoms with Crippen LogP contribution in [0.4, 0.5) is 0 Å². The van der Waals surface area contributed by atoms with Crippen LogP contribution in [0.3, 0.4) is 0 Å². The minimum atomic E-state index is -0.315. The summed E-state index contributed by atoms with van der Waals surface area (Å²) in [4.78, 5) is 27.4. The summed E-state index contributed by atoms with van der Waals surface area (Å²) < 4.78 is 5.12. The lowest BCUT2D eigenvalue weighted by Gasteiger charge is -2.37. The Morgan fingerprint density at radius 2 is 1.78 bits per heavy atom. The molecule has 1 aromatic rings. The van der Waals surface area contributed by atoms with Gasteiger partial charge in [-0.1, -0.05) is 12.1 Å². The molecular formula is C17H25N3O3. The molecule has 1 unspecified atom stereocenters. The molecule has 2 amide bonds. The van der Waals surface area contributed by atoms with Crippen molar-refractivity contribution in [3.05, 3.63) is 29.8 Å². The molecule has 0 bridgehead atoms. The van der Waals surface area contributed by atoms with Crippen LogP contribution in [0, 0.1) is 0 Å². The first-order valence-corrected chi connectivity index (χ1v) is 7.95. The molecule has 126 valence electrons. The van der Waals surface area contributed by atoms with Crippen LogP contribution in [0.5, 0.6) is 5.75 Å². The normalized spacial score (nSPS) is 16.9. The number of hydrogen-bond donors (Lipinski definition) is 1. The van der Waals surface area contributed by atoms with E-state index < -0.39 is 0 Å². The highest BCUT2D eigenvalue weighted by Crippen LogP contribution is 2.14.